The Balaban J connectivity index is 1.78. The number of nitrogens with two attached hydrogens (primary N) is 1. The van der Waals surface area contributed by atoms with Crippen molar-refractivity contribution in [3.63, 3.8) is 0 Å². The molecule has 0 saturated heterocycles. The van der Waals surface area contributed by atoms with Gasteiger partial charge in [0.05, 0.1) is 10.6 Å². The number of thiophene rings is 1. The molecule has 0 aliphatic heterocycles. The Morgan fingerprint density at radius 1 is 1.06 bits per heavy atom. The summed E-state index contributed by atoms with van der Waals surface area (Å²) in [5, 5.41) is 1.22. The van der Waals surface area contributed by atoms with Crippen molar-refractivity contribution in [3.05, 3.63) is 76.3 Å². The van der Waals surface area contributed by atoms with Gasteiger partial charge in [-0.15, -0.1) is 11.3 Å². The lowest BCUT2D eigenvalue weighted by Crippen LogP contribution is -2.37. The van der Waals surface area contributed by atoms with E-state index in [-0.39, 0.29) is 5.78 Å². The molecule has 5 heteroatoms. The smallest absolute Gasteiger partial charge is 0.196 e. The van der Waals surface area contributed by atoms with Crippen molar-refractivity contribution in [2.24, 2.45) is 0 Å². The normalized spacial score (nSPS) is 14.7. The molecule has 1 aliphatic rings. The summed E-state index contributed by atoms with van der Waals surface area (Å²) < 4.78 is 0. The van der Waals surface area contributed by atoms with Gasteiger partial charge in [-0.1, -0.05) is 68.1 Å². The van der Waals surface area contributed by atoms with E-state index in [1.165, 1.54) is 43.4 Å². The summed E-state index contributed by atoms with van der Waals surface area (Å²) in [4.78, 5) is 17.3. The van der Waals surface area contributed by atoms with E-state index in [0.717, 1.165) is 35.5 Å². The Bertz CT molecular complexity index is 1040. The average Bonchev–Trinajstić information content (AvgIpc) is 3.15. The van der Waals surface area contributed by atoms with E-state index < -0.39 is 0 Å². The average molecular weight is 467 g/mol. The molecule has 2 N–H and O–H groups in total. The van der Waals surface area contributed by atoms with E-state index >= 15 is 0 Å². The number of carbonyl (C=O) groups excluding carboxylic acids is 1. The summed E-state index contributed by atoms with van der Waals surface area (Å²) in [5.74, 6) is -0.0207. The topological polar surface area (TPSA) is 46.3 Å². The van der Waals surface area contributed by atoms with Crippen LogP contribution in [-0.2, 0) is 6.54 Å². The summed E-state index contributed by atoms with van der Waals surface area (Å²) in [6, 6.07) is 18.0. The zero-order valence-corrected chi connectivity index (χ0v) is 20.2. The molecular formula is C27H31ClN2OS. The van der Waals surface area contributed by atoms with Crippen LogP contribution in [0.5, 0.6) is 0 Å². The van der Waals surface area contributed by atoms with Crippen LogP contribution in [-0.4, -0.2) is 23.3 Å². The Kier molecular flexibility index (Phi) is 7.67. The third kappa shape index (κ3) is 5.09. The largest absolute Gasteiger partial charge is 0.390 e. The van der Waals surface area contributed by atoms with Gasteiger partial charge < -0.3 is 5.73 Å². The molecule has 0 unspecified atom stereocenters. The first kappa shape index (κ1) is 23.0. The minimum absolute atomic E-state index is 0.0207. The molecule has 3 aromatic rings. The molecular weight excluding hydrogens is 436 g/mol. The van der Waals surface area contributed by atoms with E-state index in [4.69, 9.17) is 17.3 Å². The Morgan fingerprint density at radius 2 is 1.75 bits per heavy atom. The minimum Gasteiger partial charge on any atom is -0.390 e. The minimum atomic E-state index is -0.0207. The first-order valence-corrected chi connectivity index (χ1v) is 12.8. The molecule has 4 rings (SSSR count). The quantitative estimate of drug-likeness (QED) is 0.351. The number of halogens is 1. The van der Waals surface area contributed by atoms with Gasteiger partial charge in [-0.05, 0) is 61.2 Å². The summed E-state index contributed by atoms with van der Waals surface area (Å²) >= 11 is 7.59. The van der Waals surface area contributed by atoms with Crippen LogP contribution >= 0.6 is 22.9 Å². The summed E-state index contributed by atoms with van der Waals surface area (Å²) in [6.07, 6.45) is 7.48. The highest BCUT2D eigenvalue weighted by Gasteiger charge is 2.28. The van der Waals surface area contributed by atoms with Gasteiger partial charge in [0.1, 0.15) is 0 Å². The predicted molar refractivity (Wildman–Crippen MR) is 137 cm³/mol. The van der Waals surface area contributed by atoms with Crippen molar-refractivity contribution >= 4 is 33.7 Å². The monoisotopic (exact) mass is 466 g/mol. The maximum absolute atomic E-state index is 13.6. The second-order valence-electron chi connectivity index (χ2n) is 8.61. The van der Waals surface area contributed by atoms with Crippen LogP contribution in [0.25, 0.3) is 10.4 Å². The van der Waals surface area contributed by atoms with Gasteiger partial charge in [-0.2, -0.15) is 0 Å². The van der Waals surface area contributed by atoms with E-state index in [1.54, 1.807) is 24.3 Å². The first-order chi connectivity index (χ1) is 15.6. The Labute approximate surface area is 200 Å². The van der Waals surface area contributed by atoms with Crippen LogP contribution in [0.15, 0.2) is 54.6 Å². The molecule has 1 aliphatic carbocycles. The number of rotatable bonds is 8. The fourth-order valence-corrected chi connectivity index (χ4v) is 5.99. The van der Waals surface area contributed by atoms with Gasteiger partial charge >= 0.3 is 0 Å². The third-order valence-corrected chi connectivity index (χ3v) is 7.73. The molecule has 0 atom stereocenters. The number of anilines is 1. The lowest BCUT2D eigenvalue weighted by atomic mass is 9.92. The molecule has 0 amide bonds. The first-order valence-electron chi connectivity index (χ1n) is 11.6. The van der Waals surface area contributed by atoms with Crippen molar-refractivity contribution in [1.82, 2.24) is 4.90 Å². The van der Waals surface area contributed by atoms with Crippen LogP contribution in [0.3, 0.4) is 0 Å². The fourth-order valence-electron chi connectivity index (χ4n) is 4.78. The predicted octanol–water partition coefficient (Wildman–Crippen LogP) is 7.43. The van der Waals surface area contributed by atoms with Crippen LogP contribution in [0.2, 0.25) is 5.02 Å². The van der Waals surface area contributed by atoms with Crippen molar-refractivity contribution in [3.8, 4) is 10.4 Å². The molecule has 168 valence electrons. The molecule has 0 spiro atoms. The van der Waals surface area contributed by atoms with Crippen LogP contribution in [0, 0.1) is 0 Å². The Morgan fingerprint density at radius 3 is 2.41 bits per heavy atom. The van der Waals surface area contributed by atoms with Gasteiger partial charge in [0.15, 0.2) is 5.78 Å². The second-order valence-corrected chi connectivity index (χ2v) is 10.1. The van der Waals surface area contributed by atoms with E-state index in [9.17, 15) is 4.79 Å². The lowest BCUT2D eigenvalue weighted by Gasteiger charge is -2.34. The maximum atomic E-state index is 13.6. The molecule has 2 aromatic carbocycles. The van der Waals surface area contributed by atoms with Crippen molar-refractivity contribution in [1.29, 1.82) is 0 Å². The molecule has 0 bridgehead atoms. The number of benzene rings is 2. The zero-order chi connectivity index (χ0) is 22.5. The molecule has 32 heavy (non-hydrogen) atoms. The molecule has 0 radical (unpaired) electrons. The molecule has 1 fully saturated rings. The number of nitrogens with zero attached hydrogens (tertiary/aromatic N) is 1. The molecule has 1 heterocycles. The maximum Gasteiger partial charge on any atom is 0.196 e. The van der Waals surface area contributed by atoms with Gasteiger partial charge in [0, 0.05) is 28.0 Å². The SMILES string of the molecule is CCCN(Cc1c(-c2ccccc2)sc(N)c1C(=O)c1ccc(Cl)cc1)C1CCCCC1. The fraction of sp³-hybridized carbons (Fsp3) is 0.370. The highest BCUT2D eigenvalue weighted by molar-refractivity contribution is 7.20. The number of carbonyl (C=O) groups is 1. The van der Waals surface area contributed by atoms with Gasteiger partial charge in [-0.25, -0.2) is 0 Å². The lowest BCUT2D eigenvalue weighted by molar-refractivity contribution is 0.103. The van der Waals surface area contributed by atoms with Crippen molar-refractivity contribution < 1.29 is 4.79 Å². The van der Waals surface area contributed by atoms with Crippen LogP contribution in [0.1, 0.15) is 66.9 Å². The third-order valence-electron chi connectivity index (χ3n) is 6.37. The molecule has 3 nitrogen and oxygen atoms in total. The standard InChI is InChI=1S/C27H31ClN2OS/c1-2-17-30(22-11-7-4-8-12-22)18-23-24(25(31)19-13-15-21(28)16-14-19)27(29)32-26(23)20-9-5-3-6-10-20/h3,5-6,9-10,13-16,22H,2,4,7-8,11-12,17-18,29H2,1H3. The highest BCUT2D eigenvalue weighted by Crippen LogP contribution is 2.41. The number of hydrogen-bond donors (Lipinski definition) is 1. The van der Waals surface area contributed by atoms with Gasteiger partial charge in [0.25, 0.3) is 0 Å². The zero-order valence-electron chi connectivity index (χ0n) is 18.6. The molecule has 1 aromatic heterocycles. The highest BCUT2D eigenvalue weighted by atomic mass is 35.5. The number of hydrogen-bond acceptors (Lipinski definition) is 4. The number of nitrogen functional groups attached to an aromatic ring is 1. The van der Waals surface area contributed by atoms with E-state index in [1.807, 2.05) is 18.2 Å². The van der Waals surface area contributed by atoms with Crippen molar-refractivity contribution in [2.45, 2.75) is 58.0 Å². The van der Waals surface area contributed by atoms with E-state index in [0.29, 0.717) is 27.2 Å². The number of ketones is 1. The molecule has 1 saturated carbocycles. The van der Waals surface area contributed by atoms with Crippen LogP contribution in [0.4, 0.5) is 5.00 Å². The summed E-state index contributed by atoms with van der Waals surface area (Å²) in [7, 11) is 0. The van der Waals surface area contributed by atoms with E-state index in [2.05, 4.69) is 24.0 Å². The second kappa shape index (κ2) is 10.7. The Hall–Kier alpha value is -2.14. The van der Waals surface area contributed by atoms with Crippen molar-refractivity contribution in [2.75, 3.05) is 12.3 Å². The summed E-state index contributed by atoms with van der Waals surface area (Å²) in [6.45, 7) is 4.02. The summed E-state index contributed by atoms with van der Waals surface area (Å²) in [5.41, 5.74) is 10.0. The van der Waals surface area contributed by atoms with Gasteiger partial charge in [-0.3, -0.25) is 9.69 Å². The van der Waals surface area contributed by atoms with Crippen LogP contribution < -0.4 is 5.73 Å². The van der Waals surface area contributed by atoms with Gasteiger partial charge in [0.2, 0.25) is 0 Å².